The molecule has 1 saturated heterocycles. The molecular weight excluding hydrogens is 496 g/mol. The van der Waals surface area contributed by atoms with Crippen molar-refractivity contribution in [1.82, 2.24) is 24.4 Å². The Morgan fingerprint density at radius 1 is 1.38 bits per heavy atom. The van der Waals surface area contributed by atoms with Gasteiger partial charge < -0.3 is 26.7 Å². The summed E-state index contributed by atoms with van der Waals surface area (Å²) in [5.41, 5.74) is 9.04. The molecule has 7 N–H and O–H groups in total. The van der Waals surface area contributed by atoms with Gasteiger partial charge in [-0.2, -0.15) is 13.5 Å². The number of nitrogens with one attached hydrogen (secondary N) is 1. The van der Waals surface area contributed by atoms with Crippen LogP contribution in [0.5, 0.6) is 0 Å². The summed E-state index contributed by atoms with van der Waals surface area (Å²) in [4.78, 5) is 45.6. The fourth-order valence-electron chi connectivity index (χ4n) is 2.82. The van der Waals surface area contributed by atoms with Crippen LogP contribution in [0.3, 0.4) is 0 Å². The van der Waals surface area contributed by atoms with Gasteiger partial charge in [0.15, 0.2) is 10.8 Å². The van der Waals surface area contributed by atoms with Gasteiger partial charge in [-0.05, 0) is 13.8 Å². The van der Waals surface area contributed by atoms with E-state index in [4.69, 9.17) is 16.3 Å². The molecule has 16 nitrogen and oxygen atoms in total. The first-order valence-electron chi connectivity index (χ1n) is 9.31. The van der Waals surface area contributed by atoms with E-state index in [9.17, 15) is 32.5 Å². The van der Waals surface area contributed by atoms with Gasteiger partial charge in [-0.25, -0.2) is 14.1 Å². The highest BCUT2D eigenvalue weighted by Crippen LogP contribution is 2.26. The molecule has 0 radical (unpaired) electrons. The summed E-state index contributed by atoms with van der Waals surface area (Å²) in [5, 5.41) is 20.4. The van der Waals surface area contributed by atoms with Gasteiger partial charge in [0, 0.05) is 11.6 Å². The molecule has 1 aliphatic heterocycles. The Bertz CT molecular complexity index is 1270. The number of rotatable bonds is 9. The highest BCUT2D eigenvalue weighted by molar-refractivity contribution is 7.84. The second kappa shape index (κ2) is 8.88. The summed E-state index contributed by atoms with van der Waals surface area (Å²) in [6, 6.07) is -2.68. The Balaban J connectivity index is 1.89. The number of carboxylic acid groups (broad SMARTS) is 1. The number of nitrogens with two attached hydrogens (primary N) is 2. The van der Waals surface area contributed by atoms with E-state index in [2.05, 4.69) is 20.6 Å². The molecule has 0 bridgehead atoms. The molecular formula is C16H20N8O8S2. The molecule has 18 heteroatoms. The molecule has 34 heavy (non-hydrogen) atoms. The van der Waals surface area contributed by atoms with Crippen LogP contribution in [0.15, 0.2) is 22.9 Å². The highest BCUT2D eigenvalue weighted by Gasteiger charge is 2.54. The molecule has 1 fully saturated rings. The average molecular weight is 517 g/mol. The first-order chi connectivity index (χ1) is 15.7. The second-order valence-electron chi connectivity index (χ2n) is 7.54. The van der Waals surface area contributed by atoms with Gasteiger partial charge in [0.05, 0.1) is 24.5 Å². The molecule has 1 aliphatic rings. The number of carbonyl (C=O) groups is 3. The van der Waals surface area contributed by atoms with Gasteiger partial charge >= 0.3 is 16.3 Å². The maximum atomic E-state index is 13.0. The van der Waals surface area contributed by atoms with Crippen molar-refractivity contribution in [2.24, 2.45) is 5.16 Å². The van der Waals surface area contributed by atoms with Crippen LogP contribution in [-0.2, 0) is 36.1 Å². The molecule has 0 aliphatic carbocycles. The molecule has 0 saturated carbocycles. The topological polar surface area (TPSA) is 245 Å². The predicted octanol–water partition coefficient (Wildman–Crippen LogP) is -1.71. The zero-order valence-electron chi connectivity index (χ0n) is 17.6. The first-order valence-corrected chi connectivity index (χ1v) is 11.6. The molecule has 2 atom stereocenters. The summed E-state index contributed by atoms with van der Waals surface area (Å²) in [7, 11) is -4.94. The highest BCUT2D eigenvalue weighted by atomic mass is 32.2. The first kappa shape index (κ1) is 24.9. The Morgan fingerprint density at radius 2 is 2.06 bits per heavy atom. The van der Waals surface area contributed by atoms with Crippen molar-refractivity contribution < 1.29 is 37.3 Å². The van der Waals surface area contributed by atoms with Crippen molar-refractivity contribution in [3.05, 3.63) is 23.5 Å². The largest absolute Gasteiger partial charge is 0.478 e. The number of thiazole rings is 1. The van der Waals surface area contributed by atoms with Crippen molar-refractivity contribution in [3.8, 4) is 0 Å². The summed E-state index contributed by atoms with van der Waals surface area (Å²) in [6.07, 6.45) is 2.64. The summed E-state index contributed by atoms with van der Waals surface area (Å²) in [6.45, 7) is 2.14. The van der Waals surface area contributed by atoms with Gasteiger partial charge in [0.25, 0.3) is 11.8 Å². The number of aromatic nitrogens is 3. The number of hydrogen-bond acceptors (Lipinski definition) is 12. The van der Waals surface area contributed by atoms with Gasteiger partial charge in [0.2, 0.25) is 5.60 Å². The van der Waals surface area contributed by atoms with E-state index in [-0.39, 0.29) is 27.4 Å². The molecule has 3 heterocycles. The number of carbonyl (C=O) groups excluding carboxylic acids is 2. The van der Waals surface area contributed by atoms with Crippen LogP contribution >= 0.6 is 11.3 Å². The monoisotopic (exact) mass is 516 g/mol. The minimum atomic E-state index is -4.94. The van der Waals surface area contributed by atoms with E-state index in [0.717, 1.165) is 11.3 Å². The van der Waals surface area contributed by atoms with Crippen LogP contribution in [0.1, 0.15) is 19.5 Å². The van der Waals surface area contributed by atoms with E-state index in [1.54, 1.807) is 0 Å². The quantitative estimate of drug-likeness (QED) is 0.108. The third kappa shape index (κ3) is 5.07. The minimum Gasteiger partial charge on any atom is -0.478 e. The molecule has 2 aromatic heterocycles. The number of nitrogens with zero attached hydrogens (tertiary/aromatic N) is 5. The number of oxime groups is 1. The number of nitrogen functional groups attached to an aromatic ring is 2. The lowest BCUT2D eigenvalue weighted by atomic mass is 9.98. The fourth-order valence-corrected chi connectivity index (χ4v) is 4.24. The maximum absolute atomic E-state index is 13.0. The van der Waals surface area contributed by atoms with Crippen LogP contribution < -0.4 is 16.8 Å². The van der Waals surface area contributed by atoms with Gasteiger partial charge in [0.1, 0.15) is 11.7 Å². The van der Waals surface area contributed by atoms with E-state index >= 15 is 0 Å². The molecule has 0 spiro atoms. The third-order valence-corrected chi connectivity index (χ3v) is 6.21. The molecule has 2 unspecified atom stereocenters. The Hall–Kier alpha value is -3.77. The van der Waals surface area contributed by atoms with Crippen molar-refractivity contribution in [2.75, 3.05) is 11.5 Å². The van der Waals surface area contributed by atoms with Crippen LogP contribution in [0.25, 0.3) is 0 Å². The van der Waals surface area contributed by atoms with E-state index < -0.39 is 51.5 Å². The lowest BCUT2D eigenvalue weighted by molar-refractivity contribution is -0.161. The van der Waals surface area contributed by atoms with Crippen LogP contribution in [-0.4, -0.2) is 78.3 Å². The molecule has 2 aromatic rings. The normalized spacial score (nSPS) is 19.0. The van der Waals surface area contributed by atoms with Crippen molar-refractivity contribution in [1.29, 1.82) is 0 Å². The predicted molar refractivity (Wildman–Crippen MR) is 117 cm³/mol. The number of aliphatic carboxylic acids is 1. The summed E-state index contributed by atoms with van der Waals surface area (Å²) >= 11 is 0.960. The van der Waals surface area contributed by atoms with Crippen LogP contribution in [0.2, 0.25) is 0 Å². The number of anilines is 2. The summed E-state index contributed by atoms with van der Waals surface area (Å²) < 4.78 is 34.2. The fraction of sp³-hybridized carbons (Fsp3) is 0.375. The zero-order chi connectivity index (χ0) is 25.4. The number of β-lactam (4-membered cyclic amide) rings is 1. The molecule has 184 valence electrons. The Labute approximate surface area is 196 Å². The zero-order valence-corrected chi connectivity index (χ0v) is 19.3. The van der Waals surface area contributed by atoms with Crippen molar-refractivity contribution >= 4 is 56.0 Å². The Morgan fingerprint density at radius 3 is 2.56 bits per heavy atom. The maximum Gasteiger partial charge on any atom is 0.362 e. The average Bonchev–Trinajstić information content (AvgIpc) is 3.32. The van der Waals surface area contributed by atoms with Crippen molar-refractivity contribution in [2.45, 2.75) is 38.1 Å². The lowest BCUT2D eigenvalue weighted by Gasteiger charge is -2.44. The van der Waals surface area contributed by atoms with E-state index in [0.29, 0.717) is 0 Å². The minimum absolute atomic E-state index is 0.0689. The number of carboxylic acids is 1. The van der Waals surface area contributed by atoms with Gasteiger partial charge in [-0.3, -0.25) is 18.8 Å². The number of hydrogen-bond donors (Lipinski definition) is 5. The van der Waals surface area contributed by atoms with Gasteiger partial charge in [-0.15, -0.1) is 11.3 Å². The van der Waals surface area contributed by atoms with E-state index in [1.807, 2.05) is 0 Å². The molecule has 0 aromatic carbocycles. The smallest absolute Gasteiger partial charge is 0.362 e. The van der Waals surface area contributed by atoms with E-state index in [1.165, 1.54) is 36.3 Å². The molecule has 2 amide bonds. The lowest BCUT2D eigenvalue weighted by Crippen LogP contribution is -2.73. The van der Waals surface area contributed by atoms with Crippen LogP contribution in [0.4, 0.5) is 10.8 Å². The van der Waals surface area contributed by atoms with Crippen molar-refractivity contribution in [3.63, 3.8) is 0 Å². The van der Waals surface area contributed by atoms with Crippen LogP contribution in [0, 0.1) is 0 Å². The summed E-state index contributed by atoms with van der Waals surface area (Å²) in [5.74, 6) is -3.53. The van der Waals surface area contributed by atoms with Gasteiger partial charge in [-0.1, -0.05) is 5.16 Å². The third-order valence-electron chi connectivity index (χ3n) is 4.59. The standard InChI is InChI=1S/C16H20N8O8S2/c1-16(2,14(27)28)32-22-10(8-6-33-15(18)20-8)12(25)21-11-9(5-23-4-7(17)3-19-23)24(13(11)26)34(29,30)31/h3-4,6,9,11H,5,17H2,1-2H3,(H2,18,20)(H,21,25)(H,27,28)(H,29,30,31). The second-order valence-corrected chi connectivity index (χ2v) is 9.72. The SMILES string of the molecule is CC(C)(ON=C(C(=O)NC1C(=O)N(S(=O)(=O)O)C1Cn1cc(N)cn1)c1csc(N)n1)C(=O)O. The molecule has 3 rings (SSSR count). The Kier molecular flexibility index (Phi) is 6.49. The number of amides is 2.